The van der Waals surface area contributed by atoms with Gasteiger partial charge in [0.15, 0.2) is 0 Å². The number of hydrogen-bond acceptors (Lipinski definition) is 3. The lowest BCUT2D eigenvalue weighted by atomic mass is 10.1. The Morgan fingerprint density at radius 1 is 1.42 bits per heavy atom. The molecule has 0 aliphatic heterocycles. The van der Waals surface area contributed by atoms with Crippen molar-refractivity contribution in [1.82, 2.24) is 10.2 Å². The van der Waals surface area contributed by atoms with Crippen molar-refractivity contribution in [3.8, 4) is 0 Å². The first-order valence-electron chi connectivity index (χ1n) is 7.00. The van der Waals surface area contributed by atoms with Crippen LogP contribution in [-0.2, 0) is 6.54 Å². The molecule has 19 heavy (non-hydrogen) atoms. The number of nitrogens with one attached hydrogen (secondary N) is 1. The van der Waals surface area contributed by atoms with Crippen LogP contribution in [0.2, 0.25) is 0 Å². The van der Waals surface area contributed by atoms with E-state index < -0.39 is 0 Å². The van der Waals surface area contributed by atoms with E-state index in [1.54, 1.807) is 0 Å². The van der Waals surface area contributed by atoms with Crippen molar-refractivity contribution < 1.29 is 0 Å². The lowest BCUT2D eigenvalue weighted by Gasteiger charge is -2.31. The van der Waals surface area contributed by atoms with Crippen LogP contribution in [-0.4, -0.2) is 30.1 Å². The Balaban J connectivity index is 2.54. The first-order chi connectivity index (χ1) is 8.81. The fourth-order valence-electron chi connectivity index (χ4n) is 2.05. The number of hydrogen-bond donors (Lipinski definition) is 1. The predicted octanol–water partition coefficient (Wildman–Crippen LogP) is 4.50. The maximum atomic E-state index is 3.63. The van der Waals surface area contributed by atoms with Crippen molar-refractivity contribution in [3.63, 3.8) is 0 Å². The van der Waals surface area contributed by atoms with E-state index in [0.29, 0.717) is 6.04 Å². The van der Waals surface area contributed by atoms with E-state index in [1.165, 1.54) is 22.2 Å². The Hall–Kier alpha value is 0.1000. The average molecular weight is 347 g/mol. The maximum Gasteiger partial charge on any atom is 0.0328 e. The van der Waals surface area contributed by atoms with Gasteiger partial charge in [-0.15, -0.1) is 11.3 Å². The molecule has 0 spiro atoms. The van der Waals surface area contributed by atoms with E-state index >= 15 is 0 Å². The monoisotopic (exact) mass is 346 g/mol. The summed E-state index contributed by atoms with van der Waals surface area (Å²) in [4.78, 5) is 3.90. The van der Waals surface area contributed by atoms with Crippen molar-refractivity contribution in [2.75, 3.05) is 13.6 Å². The molecule has 1 rings (SSSR count). The second-order valence-electron chi connectivity index (χ2n) is 6.22. The van der Waals surface area contributed by atoms with E-state index in [1.807, 2.05) is 11.3 Å². The Labute approximate surface area is 130 Å². The van der Waals surface area contributed by atoms with Crippen molar-refractivity contribution in [1.29, 1.82) is 0 Å². The van der Waals surface area contributed by atoms with Gasteiger partial charge in [0.1, 0.15) is 0 Å². The highest BCUT2D eigenvalue weighted by Crippen LogP contribution is 2.22. The van der Waals surface area contributed by atoms with Crippen molar-refractivity contribution in [2.24, 2.45) is 0 Å². The van der Waals surface area contributed by atoms with E-state index in [0.717, 1.165) is 13.1 Å². The van der Waals surface area contributed by atoms with Gasteiger partial charge in [-0.1, -0.05) is 13.3 Å². The van der Waals surface area contributed by atoms with Gasteiger partial charge in [0.05, 0.1) is 0 Å². The van der Waals surface area contributed by atoms with Crippen LogP contribution in [0.5, 0.6) is 0 Å². The molecule has 0 aromatic carbocycles. The summed E-state index contributed by atoms with van der Waals surface area (Å²) >= 11 is 5.35. The van der Waals surface area contributed by atoms with Crippen molar-refractivity contribution in [3.05, 3.63) is 20.8 Å². The lowest BCUT2D eigenvalue weighted by Crippen LogP contribution is -2.46. The topological polar surface area (TPSA) is 15.3 Å². The number of halogens is 1. The summed E-state index contributed by atoms with van der Waals surface area (Å²) in [7, 11) is 2.23. The summed E-state index contributed by atoms with van der Waals surface area (Å²) in [6, 6.07) is 2.83. The summed E-state index contributed by atoms with van der Waals surface area (Å²) in [5.74, 6) is 0. The van der Waals surface area contributed by atoms with Gasteiger partial charge in [0, 0.05) is 39.4 Å². The minimum Gasteiger partial charge on any atom is -0.311 e. The smallest absolute Gasteiger partial charge is 0.0328 e. The number of nitrogens with zero attached hydrogens (tertiary/aromatic N) is 1. The zero-order chi connectivity index (χ0) is 14.5. The summed E-state index contributed by atoms with van der Waals surface area (Å²) < 4.78 is 1.20. The van der Waals surface area contributed by atoms with Crippen LogP contribution >= 0.6 is 27.3 Å². The summed E-state index contributed by atoms with van der Waals surface area (Å²) in [6.45, 7) is 11.0. The fraction of sp³-hybridized carbons (Fsp3) is 0.733. The third kappa shape index (κ3) is 6.89. The van der Waals surface area contributed by atoms with E-state index in [2.05, 4.69) is 72.3 Å². The maximum absolute atomic E-state index is 3.63. The molecule has 0 amide bonds. The Morgan fingerprint density at radius 3 is 2.58 bits per heavy atom. The zero-order valence-corrected chi connectivity index (χ0v) is 15.2. The first kappa shape index (κ1) is 17.2. The van der Waals surface area contributed by atoms with Gasteiger partial charge in [0.2, 0.25) is 0 Å². The van der Waals surface area contributed by atoms with E-state index in [4.69, 9.17) is 0 Å². The zero-order valence-electron chi connectivity index (χ0n) is 12.8. The minimum atomic E-state index is 0.193. The molecule has 0 radical (unpaired) electrons. The summed E-state index contributed by atoms with van der Waals surface area (Å²) in [5, 5.41) is 5.79. The van der Waals surface area contributed by atoms with Gasteiger partial charge < -0.3 is 5.32 Å². The number of thiophene rings is 1. The number of likely N-dealkylation sites (N-methyl/N-ethyl adjacent to an activating group) is 1. The van der Waals surface area contributed by atoms with Crippen LogP contribution < -0.4 is 5.32 Å². The molecule has 0 fully saturated rings. The molecule has 1 aromatic heterocycles. The van der Waals surface area contributed by atoms with Gasteiger partial charge in [-0.2, -0.15) is 0 Å². The molecule has 1 unspecified atom stereocenters. The van der Waals surface area contributed by atoms with Crippen molar-refractivity contribution in [2.45, 2.75) is 58.7 Å². The molecule has 0 saturated carbocycles. The molecule has 0 bridgehead atoms. The minimum absolute atomic E-state index is 0.193. The molecule has 4 heteroatoms. The highest BCUT2D eigenvalue weighted by molar-refractivity contribution is 9.10. The van der Waals surface area contributed by atoms with Gasteiger partial charge in [-0.3, -0.25) is 4.90 Å². The largest absolute Gasteiger partial charge is 0.311 e. The molecule has 0 saturated heterocycles. The predicted molar refractivity (Wildman–Crippen MR) is 89.9 cm³/mol. The number of rotatable bonds is 7. The molecule has 0 aliphatic carbocycles. The van der Waals surface area contributed by atoms with Crippen LogP contribution in [0, 0.1) is 0 Å². The highest BCUT2D eigenvalue weighted by atomic mass is 79.9. The summed E-state index contributed by atoms with van der Waals surface area (Å²) in [6.07, 6.45) is 2.47. The van der Waals surface area contributed by atoms with Crippen LogP contribution in [0.4, 0.5) is 0 Å². The van der Waals surface area contributed by atoms with Gasteiger partial charge >= 0.3 is 0 Å². The van der Waals surface area contributed by atoms with Gasteiger partial charge in [-0.05, 0) is 56.2 Å². The second kappa shape index (κ2) is 7.77. The third-order valence-corrected chi connectivity index (χ3v) is 4.82. The second-order valence-corrected chi connectivity index (χ2v) is 8.13. The summed E-state index contributed by atoms with van der Waals surface area (Å²) in [5.41, 5.74) is 0.193. The Bertz CT molecular complexity index is 370. The SMILES string of the molecule is CCCC(CNC(C)(C)C)N(C)Cc1cc(Br)cs1. The van der Waals surface area contributed by atoms with Gasteiger partial charge in [0.25, 0.3) is 0 Å². The average Bonchev–Trinajstić information content (AvgIpc) is 2.68. The molecule has 1 heterocycles. The standard InChI is InChI=1S/C15H27BrN2S/c1-6-7-13(9-17-15(2,3)4)18(5)10-14-8-12(16)11-19-14/h8,11,13,17H,6-7,9-10H2,1-5H3. The molecule has 0 aliphatic rings. The van der Waals surface area contributed by atoms with E-state index in [-0.39, 0.29) is 5.54 Å². The van der Waals surface area contributed by atoms with Gasteiger partial charge in [-0.25, -0.2) is 0 Å². The van der Waals surface area contributed by atoms with E-state index in [9.17, 15) is 0 Å². The van der Waals surface area contributed by atoms with Crippen LogP contribution in [0.1, 0.15) is 45.4 Å². The third-order valence-electron chi connectivity index (χ3n) is 3.14. The van der Waals surface area contributed by atoms with Crippen LogP contribution in [0.15, 0.2) is 15.9 Å². The molecular formula is C15H27BrN2S. The molecule has 2 nitrogen and oxygen atoms in total. The normalized spacial score (nSPS) is 14.1. The Kier molecular flexibility index (Phi) is 7.01. The molecular weight excluding hydrogens is 320 g/mol. The Morgan fingerprint density at radius 2 is 2.11 bits per heavy atom. The first-order valence-corrected chi connectivity index (χ1v) is 8.67. The quantitative estimate of drug-likeness (QED) is 0.781. The molecule has 1 atom stereocenters. The molecule has 1 N–H and O–H groups in total. The fourth-order valence-corrected chi connectivity index (χ4v) is 3.56. The molecule has 1 aromatic rings. The van der Waals surface area contributed by atoms with Crippen LogP contribution in [0.25, 0.3) is 0 Å². The van der Waals surface area contributed by atoms with Crippen molar-refractivity contribution >= 4 is 27.3 Å². The lowest BCUT2D eigenvalue weighted by molar-refractivity contribution is 0.204. The molecule has 110 valence electrons. The van der Waals surface area contributed by atoms with Crippen LogP contribution in [0.3, 0.4) is 0 Å². The highest BCUT2D eigenvalue weighted by Gasteiger charge is 2.18.